The molecule has 5 nitrogen and oxygen atoms in total. The Labute approximate surface area is 99.8 Å². The van der Waals surface area contributed by atoms with E-state index in [9.17, 15) is 0 Å². The Bertz CT molecular complexity index is 516. The molecule has 0 saturated carbocycles. The van der Waals surface area contributed by atoms with Gasteiger partial charge in [0.25, 0.3) is 0 Å². The third kappa shape index (κ3) is 2.03. The predicted molar refractivity (Wildman–Crippen MR) is 64.8 cm³/mol. The first kappa shape index (κ1) is 10.7. The second-order valence-corrected chi connectivity index (χ2v) is 4.38. The van der Waals surface area contributed by atoms with Crippen molar-refractivity contribution in [2.24, 2.45) is 7.05 Å². The first-order valence-corrected chi connectivity index (χ1v) is 5.91. The van der Waals surface area contributed by atoms with Gasteiger partial charge in [-0.2, -0.15) is 0 Å². The maximum Gasteiger partial charge on any atom is 0.111 e. The number of ether oxygens (including phenoxy) is 1. The molecule has 0 aromatic carbocycles. The van der Waals surface area contributed by atoms with Crippen LogP contribution in [-0.4, -0.2) is 40.3 Å². The molecular weight excluding hydrogens is 216 g/mol. The third-order valence-electron chi connectivity index (χ3n) is 3.20. The molecule has 3 heterocycles. The smallest absolute Gasteiger partial charge is 0.111 e. The summed E-state index contributed by atoms with van der Waals surface area (Å²) in [5, 5.41) is 3.45. The molecule has 1 aliphatic rings. The van der Waals surface area contributed by atoms with Crippen molar-refractivity contribution in [3.05, 3.63) is 24.3 Å². The first-order chi connectivity index (χ1) is 8.34. The number of rotatable bonds is 2. The molecule has 1 aliphatic heterocycles. The summed E-state index contributed by atoms with van der Waals surface area (Å²) in [5.41, 5.74) is 2.09. The van der Waals surface area contributed by atoms with E-state index in [4.69, 9.17) is 4.74 Å². The van der Waals surface area contributed by atoms with Gasteiger partial charge in [-0.3, -0.25) is 4.98 Å². The summed E-state index contributed by atoms with van der Waals surface area (Å²) in [7, 11) is 2.05. The van der Waals surface area contributed by atoms with Crippen molar-refractivity contribution in [1.82, 2.24) is 19.9 Å². The van der Waals surface area contributed by atoms with Crippen molar-refractivity contribution in [2.75, 3.05) is 19.8 Å². The Morgan fingerprint density at radius 3 is 3.29 bits per heavy atom. The molecular formula is C12H16N4O. The second-order valence-electron chi connectivity index (χ2n) is 4.38. The maximum absolute atomic E-state index is 5.46. The number of fused-ring (bicyclic) bond motifs is 1. The van der Waals surface area contributed by atoms with E-state index in [1.165, 1.54) is 0 Å². The number of pyridine rings is 1. The maximum atomic E-state index is 5.46. The van der Waals surface area contributed by atoms with Crippen LogP contribution >= 0.6 is 0 Å². The van der Waals surface area contributed by atoms with Crippen LogP contribution in [0.5, 0.6) is 0 Å². The van der Waals surface area contributed by atoms with Crippen molar-refractivity contribution in [3.63, 3.8) is 0 Å². The fourth-order valence-electron chi connectivity index (χ4n) is 2.26. The van der Waals surface area contributed by atoms with Crippen LogP contribution in [0.15, 0.2) is 18.5 Å². The van der Waals surface area contributed by atoms with E-state index in [0.717, 1.165) is 43.0 Å². The van der Waals surface area contributed by atoms with Crippen LogP contribution in [0.1, 0.15) is 5.82 Å². The first-order valence-electron chi connectivity index (χ1n) is 5.91. The molecule has 3 rings (SSSR count). The molecule has 0 aliphatic carbocycles. The average molecular weight is 232 g/mol. The lowest BCUT2D eigenvalue weighted by Gasteiger charge is -2.23. The molecule has 2 aromatic rings. The highest BCUT2D eigenvalue weighted by molar-refractivity contribution is 5.74. The van der Waals surface area contributed by atoms with Gasteiger partial charge in [0.1, 0.15) is 11.3 Å². The quantitative estimate of drug-likeness (QED) is 0.819. The molecule has 17 heavy (non-hydrogen) atoms. The average Bonchev–Trinajstić information content (AvgIpc) is 2.68. The Hall–Kier alpha value is -1.46. The SMILES string of the molecule is Cn1c(CC2COCCN2)nc2cnccc21. The lowest BCUT2D eigenvalue weighted by Crippen LogP contribution is -2.42. The van der Waals surface area contributed by atoms with E-state index in [2.05, 4.69) is 19.9 Å². The summed E-state index contributed by atoms with van der Waals surface area (Å²) in [4.78, 5) is 8.71. The zero-order valence-corrected chi connectivity index (χ0v) is 9.89. The van der Waals surface area contributed by atoms with E-state index in [1.807, 2.05) is 19.3 Å². The molecule has 0 spiro atoms. The van der Waals surface area contributed by atoms with Gasteiger partial charge in [0.05, 0.1) is 24.9 Å². The highest BCUT2D eigenvalue weighted by atomic mass is 16.5. The molecule has 90 valence electrons. The Morgan fingerprint density at radius 1 is 1.59 bits per heavy atom. The summed E-state index contributed by atoms with van der Waals surface area (Å²) < 4.78 is 7.59. The lowest BCUT2D eigenvalue weighted by molar-refractivity contribution is 0.0762. The van der Waals surface area contributed by atoms with Crippen molar-refractivity contribution in [3.8, 4) is 0 Å². The largest absolute Gasteiger partial charge is 0.379 e. The molecule has 0 amide bonds. The van der Waals surface area contributed by atoms with E-state index < -0.39 is 0 Å². The zero-order chi connectivity index (χ0) is 11.7. The van der Waals surface area contributed by atoms with Crippen LogP contribution in [-0.2, 0) is 18.2 Å². The van der Waals surface area contributed by atoms with Gasteiger partial charge in [0.2, 0.25) is 0 Å². The number of imidazole rings is 1. The summed E-state index contributed by atoms with van der Waals surface area (Å²) in [6.07, 6.45) is 4.50. The topological polar surface area (TPSA) is 52.0 Å². The van der Waals surface area contributed by atoms with Gasteiger partial charge in [-0.25, -0.2) is 4.98 Å². The van der Waals surface area contributed by atoms with Gasteiger partial charge in [0, 0.05) is 32.3 Å². The Balaban J connectivity index is 1.87. The minimum atomic E-state index is 0.368. The molecule has 1 fully saturated rings. The number of nitrogens with one attached hydrogen (secondary N) is 1. The van der Waals surface area contributed by atoms with Gasteiger partial charge < -0.3 is 14.6 Å². The Kier molecular flexibility index (Phi) is 2.78. The van der Waals surface area contributed by atoms with Gasteiger partial charge in [0.15, 0.2) is 0 Å². The molecule has 0 radical (unpaired) electrons. The van der Waals surface area contributed by atoms with Crippen LogP contribution in [0.3, 0.4) is 0 Å². The van der Waals surface area contributed by atoms with Crippen molar-refractivity contribution in [2.45, 2.75) is 12.5 Å². The van der Waals surface area contributed by atoms with Crippen LogP contribution < -0.4 is 5.32 Å². The monoisotopic (exact) mass is 232 g/mol. The van der Waals surface area contributed by atoms with Crippen molar-refractivity contribution in [1.29, 1.82) is 0 Å². The lowest BCUT2D eigenvalue weighted by atomic mass is 10.2. The van der Waals surface area contributed by atoms with Crippen LogP contribution in [0, 0.1) is 0 Å². The normalized spacial score (nSPS) is 20.9. The minimum Gasteiger partial charge on any atom is -0.379 e. The molecule has 1 saturated heterocycles. The minimum absolute atomic E-state index is 0.368. The Morgan fingerprint density at radius 2 is 2.53 bits per heavy atom. The fourth-order valence-corrected chi connectivity index (χ4v) is 2.26. The number of aromatic nitrogens is 3. The van der Waals surface area contributed by atoms with Crippen molar-refractivity contribution < 1.29 is 4.74 Å². The highest BCUT2D eigenvalue weighted by Crippen LogP contribution is 2.14. The third-order valence-corrected chi connectivity index (χ3v) is 3.20. The fraction of sp³-hybridized carbons (Fsp3) is 0.500. The summed E-state index contributed by atoms with van der Waals surface area (Å²) in [6, 6.07) is 2.36. The molecule has 5 heteroatoms. The van der Waals surface area contributed by atoms with E-state index in [-0.39, 0.29) is 0 Å². The van der Waals surface area contributed by atoms with E-state index in [1.54, 1.807) is 6.20 Å². The number of hydrogen-bond acceptors (Lipinski definition) is 4. The van der Waals surface area contributed by atoms with Gasteiger partial charge in [-0.15, -0.1) is 0 Å². The summed E-state index contributed by atoms with van der Waals surface area (Å²) >= 11 is 0. The summed E-state index contributed by atoms with van der Waals surface area (Å²) in [6.45, 7) is 2.50. The number of morpholine rings is 1. The van der Waals surface area contributed by atoms with Crippen LogP contribution in [0.4, 0.5) is 0 Å². The molecule has 0 bridgehead atoms. The van der Waals surface area contributed by atoms with Gasteiger partial charge in [-0.1, -0.05) is 0 Å². The molecule has 1 unspecified atom stereocenters. The number of aryl methyl sites for hydroxylation is 1. The van der Waals surface area contributed by atoms with Gasteiger partial charge >= 0.3 is 0 Å². The highest BCUT2D eigenvalue weighted by Gasteiger charge is 2.17. The van der Waals surface area contributed by atoms with E-state index in [0.29, 0.717) is 6.04 Å². The van der Waals surface area contributed by atoms with Crippen LogP contribution in [0.25, 0.3) is 11.0 Å². The number of hydrogen-bond donors (Lipinski definition) is 1. The summed E-state index contributed by atoms with van der Waals surface area (Å²) in [5.74, 6) is 1.08. The van der Waals surface area contributed by atoms with Gasteiger partial charge in [-0.05, 0) is 6.07 Å². The predicted octanol–water partition coefficient (Wildman–Crippen LogP) is 0.499. The molecule has 2 aromatic heterocycles. The zero-order valence-electron chi connectivity index (χ0n) is 9.89. The van der Waals surface area contributed by atoms with Crippen molar-refractivity contribution >= 4 is 11.0 Å². The molecule has 1 N–H and O–H groups in total. The number of nitrogens with zero attached hydrogens (tertiary/aromatic N) is 3. The standard InChI is InChI=1S/C12H16N4O/c1-16-11-2-3-13-7-10(11)15-12(16)6-9-8-17-5-4-14-9/h2-3,7,9,14H,4-6,8H2,1H3. The second kappa shape index (κ2) is 4.43. The van der Waals surface area contributed by atoms with Crippen LogP contribution in [0.2, 0.25) is 0 Å². The van der Waals surface area contributed by atoms with E-state index >= 15 is 0 Å². The molecule has 1 atom stereocenters.